The Bertz CT molecular complexity index is 408. The summed E-state index contributed by atoms with van der Waals surface area (Å²) in [5.41, 5.74) is 0.422. The molecule has 0 spiro atoms. The molecule has 2 rings (SSSR count). The van der Waals surface area contributed by atoms with Crippen LogP contribution in [-0.4, -0.2) is 32.5 Å². The molecule has 5 heteroatoms. The van der Waals surface area contributed by atoms with Crippen LogP contribution in [0.2, 0.25) is 0 Å². The van der Waals surface area contributed by atoms with Crippen LogP contribution in [0.15, 0.2) is 18.2 Å². The van der Waals surface area contributed by atoms with Gasteiger partial charge in [0.2, 0.25) is 0 Å². The molecule has 106 valence electrons. The third-order valence-corrected chi connectivity index (χ3v) is 3.13. The summed E-state index contributed by atoms with van der Waals surface area (Å²) in [5, 5.41) is 3.25. The van der Waals surface area contributed by atoms with Crippen LogP contribution in [0.25, 0.3) is 0 Å². The fraction of sp³-hybridized carbons (Fsp3) is 0.571. The average Bonchev–Trinajstić information content (AvgIpc) is 2.42. The van der Waals surface area contributed by atoms with Gasteiger partial charge in [-0.15, -0.1) is 0 Å². The van der Waals surface area contributed by atoms with Crippen LogP contribution in [0.5, 0.6) is 0 Å². The SMILES string of the molecule is CCCNC(c1ccc(F)cc1F)C1COCCO1. The van der Waals surface area contributed by atoms with E-state index in [1.807, 2.05) is 6.92 Å². The van der Waals surface area contributed by atoms with Gasteiger partial charge < -0.3 is 14.8 Å². The first kappa shape index (κ1) is 14.4. The van der Waals surface area contributed by atoms with E-state index in [0.29, 0.717) is 25.4 Å². The topological polar surface area (TPSA) is 30.5 Å². The summed E-state index contributed by atoms with van der Waals surface area (Å²) < 4.78 is 37.9. The lowest BCUT2D eigenvalue weighted by molar-refractivity contribution is -0.102. The normalized spacial score (nSPS) is 21.3. The minimum absolute atomic E-state index is 0.250. The van der Waals surface area contributed by atoms with Crippen LogP contribution in [0, 0.1) is 11.6 Å². The van der Waals surface area contributed by atoms with Crippen LogP contribution in [0.1, 0.15) is 24.9 Å². The Balaban J connectivity index is 2.19. The van der Waals surface area contributed by atoms with Crippen LogP contribution in [0.3, 0.4) is 0 Å². The zero-order valence-corrected chi connectivity index (χ0v) is 11.0. The van der Waals surface area contributed by atoms with Gasteiger partial charge in [-0.2, -0.15) is 0 Å². The predicted octanol–water partition coefficient (Wildman–Crippen LogP) is 2.42. The quantitative estimate of drug-likeness (QED) is 0.892. The van der Waals surface area contributed by atoms with E-state index >= 15 is 0 Å². The monoisotopic (exact) mass is 271 g/mol. The maximum atomic E-state index is 13.9. The van der Waals surface area contributed by atoms with Crippen LogP contribution >= 0.6 is 0 Å². The van der Waals surface area contributed by atoms with Crippen molar-refractivity contribution in [1.82, 2.24) is 5.32 Å². The number of hydrogen-bond acceptors (Lipinski definition) is 3. The summed E-state index contributed by atoms with van der Waals surface area (Å²) in [6.07, 6.45) is 0.674. The van der Waals surface area contributed by atoms with Gasteiger partial charge in [0.25, 0.3) is 0 Å². The molecule has 1 saturated heterocycles. The van der Waals surface area contributed by atoms with Gasteiger partial charge in [0.1, 0.15) is 17.7 Å². The molecule has 0 amide bonds. The fourth-order valence-corrected chi connectivity index (χ4v) is 2.19. The summed E-state index contributed by atoms with van der Waals surface area (Å²) in [6, 6.07) is 3.32. The molecule has 0 bridgehead atoms. The van der Waals surface area contributed by atoms with Gasteiger partial charge in [-0.3, -0.25) is 0 Å². The highest BCUT2D eigenvalue weighted by atomic mass is 19.1. The van der Waals surface area contributed by atoms with Gasteiger partial charge >= 0.3 is 0 Å². The van der Waals surface area contributed by atoms with Gasteiger partial charge in [-0.05, 0) is 19.0 Å². The second-order valence-corrected chi connectivity index (χ2v) is 4.58. The van der Waals surface area contributed by atoms with E-state index in [1.165, 1.54) is 12.1 Å². The van der Waals surface area contributed by atoms with Gasteiger partial charge in [-0.25, -0.2) is 8.78 Å². The third-order valence-electron chi connectivity index (χ3n) is 3.13. The molecule has 0 radical (unpaired) electrons. The Morgan fingerprint density at radius 3 is 2.84 bits per heavy atom. The van der Waals surface area contributed by atoms with Crippen molar-refractivity contribution in [2.45, 2.75) is 25.5 Å². The highest BCUT2D eigenvalue weighted by Crippen LogP contribution is 2.24. The van der Waals surface area contributed by atoms with Gasteiger partial charge in [0.15, 0.2) is 0 Å². The Morgan fingerprint density at radius 2 is 2.21 bits per heavy atom. The largest absolute Gasteiger partial charge is 0.376 e. The van der Waals surface area contributed by atoms with Crippen LogP contribution in [0.4, 0.5) is 8.78 Å². The lowest BCUT2D eigenvalue weighted by atomic mass is 10.00. The Kier molecular flexibility index (Phi) is 5.24. The molecule has 19 heavy (non-hydrogen) atoms. The summed E-state index contributed by atoms with van der Waals surface area (Å²) >= 11 is 0. The number of nitrogens with one attached hydrogen (secondary N) is 1. The smallest absolute Gasteiger partial charge is 0.130 e. The fourth-order valence-electron chi connectivity index (χ4n) is 2.19. The van der Waals surface area contributed by atoms with E-state index < -0.39 is 11.6 Å². The molecule has 1 aromatic carbocycles. The zero-order valence-electron chi connectivity index (χ0n) is 11.0. The number of benzene rings is 1. The lowest BCUT2D eigenvalue weighted by Crippen LogP contribution is -2.41. The maximum Gasteiger partial charge on any atom is 0.130 e. The second-order valence-electron chi connectivity index (χ2n) is 4.58. The Labute approximate surface area is 111 Å². The molecule has 3 nitrogen and oxygen atoms in total. The number of ether oxygens (including phenoxy) is 2. The molecule has 2 unspecified atom stereocenters. The predicted molar refractivity (Wildman–Crippen MR) is 68.0 cm³/mol. The highest BCUT2D eigenvalue weighted by molar-refractivity contribution is 5.23. The van der Waals surface area contributed by atoms with E-state index in [2.05, 4.69) is 5.32 Å². The van der Waals surface area contributed by atoms with E-state index in [-0.39, 0.29) is 12.1 Å². The van der Waals surface area contributed by atoms with E-state index in [1.54, 1.807) is 0 Å². The first-order valence-corrected chi connectivity index (χ1v) is 6.60. The van der Waals surface area contributed by atoms with Crippen molar-refractivity contribution in [1.29, 1.82) is 0 Å². The van der Waals surface area contributed by atoms with Gasteiger partial charge in [0, 0.05) is 11.6 Å². The average molecular weight is 271 g/mol. The molecule has 1 heterocycles. The minimum atomic E-state index is -0.573. The van der Waals surface area contributed by atoms with E-state index in [4.69, 9.17) is 9.47 Å². The van der Waals surface area contributed by atoms with Gasteiger partial charge in [-0.1, -0.05) is 13.0 Å². The lowest BCUT2D eigenvalue weighted by Gasteiger charge is -2.31. The minimum Gasteiger partial charge on any atom is -0.376 e. The first-order valence-electron chi connectivity index (χ1n) is 6.60. The van der Waals surface area contributed by atoms with Crippen molar-refractivity contribution in [3.05, 3.63) is 35.4 Å². The van der Waals surface area contributed by atoms with Crippen molar-refractivity contribution in [2.75, 3.05) is 26.4 Å². The molecular formula is C14H19F2NO2. The summed E-state index contributed by atoms with van der Waals surface area (Å²) in [4.78, 5) is 0. The summed E-state index contributed by atoms with van der Waals surface area (Å²) in [5.74, 6) is -1.13. The van der Waals surface area contributed by atoms with Crippen molar-refractivity contribution < 1.29 is 18.3 Å². The van der Waals surface area contributed by atoms with Crippen molar-refractivity contribution >= 4 is 0 Å². The maximum absolute atomic E-state index is 13.9. The van der Waals surface area contributed by atoms with Crippen molar-refractivity contribution in [2.24, 2.45) is 0 Å². The molecule has 1 fully saturated rings. The molecule has 0 aromatic heterocycles. The Morgan fingerprint density at radius 1 is 1.37 bits per heavy atom. The second kappa shape index (κ2) is 6.93. The number of hydrogen-bond donors (Lipinski definition) is 1. The zero-order chi connectivity index (χ0) is 13.7. The van der Waals surface area contributed by atoms with Crippen molar-refractivity contribution in [3.8, 4) is 0 Å². The highest BCUT2D eigenvalue weighted by Gasteiger charge is 2.28. The van der Waals surface area contributed by atoms with Crippen molar-refractivity contribution in [3.63, 3.8) is 0 Å². The van der Waals surface area contributed by atoms with E-state index in [9.17, 15) is 8.78 Å². The first-order chi connectivity index (χ1) is 9.22. The molecule has 1 aliphatic heterocycles. The molecule has 1 aromatic rings. The van der Waals surface area contributed by atoms with Crippen LogP contribution in [-0.2, 0) is 9.47 Å². The molecule has 1 aliphatic rings. The van der Waals surface area contributed by atoms with Gasteiger partial charge in [0.05, 0.1) is 25.9 Å². The van der Waals surface area contributed by atoms with Crippen LogP contribution < -0.4 is 5.32 Å². The molecule has 2 atom stereocenters. The molecule has 0 aliphatic carbocycles. The number of rotatable bonds is 5. The molecular weight excluding hydrogens is 252 g/mol. The molecule has 0 saturated carbocycles. The third kappa shape index (κ3) is 3.72. The summed E-state index contributed by atoms with van der Waals surface area (Å²) in [6.45, 7) is 4.24. The Hall–Kier alpha value is -1.04. The van der Waals surface area contributed by atoms with E-state index in [0.717, 1.165) is 19.0 Å². The standard InChI is InChI=1S/C14H19F2NO2/c1-2-5-17-14(13-9-18-6-7-19-13)11-4-3-10(15)8-12(11)16/h3-4,8,13-14,17H,2,5-7,9H2,1H3. The number of halogens is 2. The molecule has 1 N–H and O–H groups in total. The summed E-state index contributed by atoms with van der Waals surface area (Å²) in [7, 11) is 0.